The summed E-state index contributed by atoms with van der Waals surface area (Å²) in [5, 5.41) is 10.7. The molecule has 386 valence electrons. The number of rotatable bonds is 7. The Balaban J connectivity index is 0.792. The van der Waals surface area contributed by atoms with Gasteiger partial charge in [-0.1, -0.05) is 158 Å². The van der Waals surface area contributed by atoms with Crippen molar-refractivity contribution in [2.45, 2.75) is 0 Å². The summed E-state index contributed by atoms with van der Waals surface area (Å²) < 4.78 is 24.5. The molecular weight excluding hydrogens is 1020 g/mol. The summed E-state index contributed by atoms with van der Waals surface area (Å²) in [6.45, 7) is 0. The van der Waals surface area contributed by atoms with E-state index in [1.54, 1.807) is 0 Å². The van der Waals surface area contributed by atoms with E-state index >= 15 is 0 Å². The monoisotopic (exact) mass is 1060 g/mol. The Labute approximate surface area is 473 Å². The van der Waals surface area contributed by atoms with Gasteiger partial charge in [-0.15, -0.1) is 0 Å². The van der Waals surface area contributed by atoms with E-state index in [4.69, 9.17) is 28.2 Å². The third-order valence-electron chi connectivity index (χ3n) is 16.8. The molecule has 8 nitrogen and oxygen atoms in total. The molecule has 0 bridgehead atoms. The van der Waals surface area contributed by atoms with Crippen LogP contribution in [0.5, 0.6) is 0 Å². The van der Waals surface area contributed by atoms with Gasteiger partial charge in [0.15, 0.2) is 11.6 Å². The first-order valence-corrected chi connectivity index (χ1v) is 27.9. The largest absolute Gasteiger partial charge is 0.456 e. The Morgan fingerprint density at radius 2 is 0.723 bits per heavy atom. The Kier molecular flexibility index (Phi) is 9.64. The quantitative estimate of drug-likeness (QED) is 0.158. The normalized spacial score (nSPS) is 12.1. The van der Waals surface area contributed by atoms with Gasteiger partial charge in [0, 0.05) is 70.7 Å². The number of fused-ring (bicyclic) bond motifs is 15. The van der Waals surface area contributed by atoms with Crippen molar-refractivity contribution in [2.75, 3.05) is 0 Å². The summed E-state index contributed by atoms with van der Waals surface area (Å²) in [5.74, 6) is 1.53. The number of hydrogen-bond donors (Lipinski definition) is 0. The van der Waals surface area contributed by atoms with E-state index in [0.29, 0.717) is 17.6 Å². The highest BCUT2D eigenvalue weighted by Crippen LogP contribution is 2.44. The lowest BCUT2D eigenvalue weighted by molar-refractivity contribution is 0.668. The van der Waals surface area contributed by atoms with Gasteiger partial charge < -0.3 is 17.8 Å². The van der Waals surface area contributed by atoms with Crippen LogP contribution in [0.2, 0.25) is 0 Å². The molecule has 0 atom stereocenters. The minimum Gasteiger partial charge on any atom is -0.456 e. The second-order valence-electron chi connectivity index (χ2n) is 21.4. The lowest BCUT2D eigenvalue weighted by Crippen LogP contribution is -2.06. The van der Waals surface area contributed by atoms with Crippen LogP contribution >= 0.6 is 0 Å². The minimum atomic E-state index is 0.497. The summed E-state index contributed by atoms with van der Waals surface area (Å²) >= 11 is 0. The molecule has 0 radical (unpaired) electrons. The molecule has 0 aliphatic carbocycles. The molecule has 0 amide bonds. The van der Waals surface area contributed by atoms with Gasteiger partial charge in [-0.05, 0) is 137 Å². The third kappa shape index (κ3) is 6.96. The average Bonchev–Trinajstić information content (AvgIpc) is 3.60. The summed E-state index contributed by atoms with van der Waals surface area (Å²) in [6.07, 6.45) is 0. The van der Waals surface area contributed by atoms with E-state index in [2.05, 4.69) is 228 Å². The van der Waals surface area contributed by atoms with E-state index in [1.165, 1.54) is 21.8 Å². The van der Waals surface area contributed by atoms with Crippen LogP contribution in [-0.2, 0) is 0 Å². The smallest absolute Gasteiger partial charge is 0.238 e. The second-order valence-corrected chi connectivity index (χ2v) is 21.4. The van der Waals surface area contributed by atoms with Crippen molar-refractivity contribution < 1.29 is 13.3 Å². The van der Waals surface area contributed by atoms with Crippen LogP contribution in [0.1, 0.15) is 0 Å². The summed E-state index contributed by atoms with van der Waals surface area (Å²) in [6, 6.07) is 91.5. The van der Waals surface area contributed by atoms with E-state index in [0.717, 1.165) is 138 Å². The number of aromatic nitrogens is 5. The summed E-state index contributed by atoms with van der Waals surface area (Å²) in [7, 11) is 0. The van der Waals surface area contributed by atoms with Crippen LogP contribution < -0.4 is 0 Å². The Morgan fingerprint density at radius 1 is 0.241 bits per heavy atom. The fourth-order valence-corrected chi connectivity index (χ4v) is 13.0. The molecule has 0 unspecified atom stereocenters. The minimum absolute atomic E-state index is 0.497. The number of hydrogen-bond acceptors (Lipinski definition) is 6. The van der Waals surface area contributed by atoms with E-state index in [-0.39, 0.29) is 0 Å². The number of benzene rings is 12. The van der Waals surface area contributed by atoms with Gasteiger partial charge in [-0.2, -0.15) is 9.97 Å². The van der Waals surface area contributed by atoms with Crippen molar-refractivity contribution in [2.24, 2.45) is 0 Å². The van der Waals surface area contributed by atoms with Crippen LogP contribution in [0.25, 0.3) is 177 Å². The molecule has 6 aromatic heterocycles. The van der Waals surface area contributed by atoms with Crippen molar-refractivity contribution in [3.8, 4) is 67.8 Å². The first-order chi connectivity index (χ1) is 41.1. The van der Waals surface area contributed by atoms with E-state index < -0.39 is 0 Å². The van der Waals surface area contributed by atoms with Gasteiger partial charge in [0.05, 0.1) is 22.1 Å². The van der Waals surface area contributed by atoms with Crippen molar-refractivity contribution in [1.29, 1.82) is 0 Å². The zero-order valence-corrected chi connectivity index (χ0v) is 44.3. The van der Waals surface area contributed by atoms with Gasteiger partial charge in [-0.3, -0.25) is 4.57 Å². The molecule has 0 aliphatic heterocycles. The van der Waals surface area contributed by atoms with Gasteiger partial charge >= 0.3 is 0 Å². The second kappa shape index (κ2) is 17.6. The van der Waals surface area contributed by atoms with Crippen molar-refractivity contribution >= 4 is 109 Å². The maximum atomic E-state index is 6.77. The Morgan fingerprint density at radius 3 is 1.51 bits per heavy atom. The van der Waals surface area contributed by atoms with Gasteiger partial charge in [0.2, 0.25) is 5.95 Å². The van der Waals surface area contributed by atoms with Crippen molar-refractivity contribution in [1.82, 2.24) is 24.1 Å². The lowest BCUT2D eigenvalue weighted by Gasteiger charge is -2.12. The van der Waals surface area contributed by atoms with E-state index in [1.807, 2.05) is 42.5 Å². The molecule has 18 rings (SSSR count). The fourth-order valence-electron chi connectivity index (χ4n) is 13.0. The first-order valence-electron chi connectivity index (χ1n) is 27.9. The molecule has 0 N–H and O–H groups in total. The number of nitrogens with zero attached hydrogens (tertiary/aromatic N) is 5. The third-order valence-corrected chi connectivity index (χ3v) is 16.8. The molecule has 0 fully saturated rings. The molecule has 83 heavy (non-hydrogen) atoms. The molecule has 0 aliphatic rings. The predicted octanol–water partition coefficient (Wildman–Crippen LogP) is 20.1. The maximum absolute atomic E-state index is 6.77. The maximum Gasteiger partial charge on any atom is 0.238 e. The average molecular weight is 1060 g/mol. The highest BCUT2D eigenvalue weighted by Gasteiger charge is 2.23. The highest BCUT2D eigenvalue weighted by atomic mass is 16.3. The molecule has 0 spiro atoms. The van der Waals surface area contributed by atoms with Crippen molar-refractivity contribution in [3.05, 3.63) is 261 Å². The van der Waals surface area contributed by atoms with Crippen molar-refractivity contribution in [3.63, 3.8) is 0 Å². The lowest BCUT2D eigenvalue weighted by atomic mass is 9.96. The molecular formula is C75H43N5O3. The Hall–Kier alpha value is -11.4. The van der Waals surface area contributed by atoms with Gasteiger partial charge in [0.1, 0.15) is 33.5 Å². The number of para-hydroxylation sites is 4. The summed E-state index contributed by atoms with van der Waals surface area (Å²) in [5.41, 5.74) is 18.4. The zero-order valence-electron chi connectivity index (χ0n) is 44.3. The molecule has 0 saturated heterocycles. The van der Waals surface area contributed by atoms with E-state index in [9.17, 15) is 0 Å². The Bertz CT molecular complexity index is 5710. The zero-order chi connectivity index (χ0) is 54.3. The molecule has 0 saturated carbocycles. The standard InChI is InChI=1S/C75H43N5O3/c1-3-15-44(16-4-1)45-31-37-64-59(39-45)53-20-8-11-25-62(53)80(64)75-77-73(49-30-34-55-54-21-9-12-26-65(54)82-69(55)43-49)76-74(78-75)57-23-14-28-68-72(57)60-41-48(33-38-66(60)81-68)51-22-13-27-67-71(51)56-35-29-47(42-70(56)83-67)46-32-36-63-58(40-46)52-19-7-10-24-61(52)79(63)50-17-5-2-6-18-50/h1-43H. The van der Waals surface area contributed by atoms with Crippen LogP contribution in [0.15, 0.2) is 274 Å². The van der Waals surface area contributed by atoms with Crippen LogP contribution in [0.4, 0.5) is 0 Å². The van der Waals surface area contributed by atoms with Gasteiger partial charge in [-0.25, -0.2) is 4.98 Å². The van der Waals surface area contributed by atoms with Crippen LogP contribution in [-0.4, -0.2) is 24.1 Å². The highest BCUT2D eigenvalue weighted by molar-refractivity contribution is 6.17. The van der Waals surface area contributed by atoms with Gasteiger partial charge in [0.25, 0.3) is 0 Å². The van der Waals surface area contributed by atoms with Crippen LogP contribution in [0, 0.1) is 0 Å². The van der Waals surface area contributed by atoms with Crippen LogP contribution in [0.3, 0.4) is 0 Å². The predicted molar refractivity (Wildman–Crippen MR) is 338 cm³/mol. The molecule has 8 heteroatoms. The topological polar surface area (TPSA) is 88.0 Å². The summed E-state index contributed by atoms with van der Waals surface area (Å²) in [4.78, 5) is 16.2. The SMILES string of the molecule is c1ccc(-c2ccc3c(c2)c2ccccc2n3-c2nc(-c3ccc4c(c3)oc3ccccc34)nc(-c3cccc4oc5ccc(-c6cccc7oc8cc(-c9ccc%10c(c9)c9ccccc9n%10-c9ccccc9)ccc8c67)cc5c34)n2)cc1. The fraction of sp³-hybridized carbons (Fsp3) is 0. The first kappa shape index (κ1) is 45.5. The molecule has 6 heterocycles. The number of furan rings is 3. The molecule has 12 aromatic carbocycles. The molecule has 18 aromatic rings.